The molecule has 1 fully saturated rings. The minimum Gasteiger partial charge on any atom is -0.508 e. The molecule has 0 spiro atoms. The molecule has 0 bridgehead atoms. The Morgan fingerprint density at radius 1 is 1.00 bits per heavy atom. The Morgan fingerprint density at radius 3 is 2.18 bits per heavy atom. The van der Waals surface area contributed by atoms with Gasteiger partial charge < -0.3 is 18.8 Å². The van der Waals surface area contributed by atoms with Crippen LogP contribution in [0.3, 0.4) is 0 Å². The third-order valence-corrected chi connectivity index (χ3v) is 4.24. The topological polar surface area (TPSA) is 77.6 Å². The maximum absolute atomic E-state index is 9.98. The number of benzene rings is 1. The molecule has 2 heterocycles. The SMILES string of the molecule is Cc1nnc(-c2cc(O)cc(B3OC(C)(C)C(C)(C)O3)c2)o1. The lowest BCUT2D eigenvalue weighted by atomic mass is 9.78. The van der Waals surface area contributed by atoms with Crippen LogP contribution in [0.1, 0.15) is 33.6 Å². The first kappa shape index (κ1) is 15.1. The van der Waals surface area contributed by atoms with Gasteiger partial charge in [-0.2, -0.15) is 0 Å². The first-order valence-corrected chi connectivity index (χ1v) is 7.18. The lowest BCUT2D eigenvalue weighted by molar-refractivity contribution is 0.00578. The summed E-state index contributed by atoms with van der Waals surface area (Å²) in [6.45, 7) is 9.65. The van der Waals surface area contributed by atoms with Crippen molar-refractivity contribution in [3.8, 4) is 17.2 Å². The summed E-state index contributed by atoms with van der Waals surface area (Å²) >= 11 is 0. The number of hydrogen-bond acceptors (Lipinski definition) is 6. The second-order valence-corrected chi connectivity index (χ2v) is 6.53. The second kappa shape index (κ2) is 4.82. The van der Waals surface area contributed by atoms with E-state index in [1.165, 1.54) is 0 Å². The number of hydrogen-bond donors (Lipinski definition) is 1. The van der Waals surface area contributed by atoms with Gasteiger partial charge in [0, 0.05) is 12.5 Å². The van der Waals surface area contributed by atoms with Gasteiger partial charge in [0.05, 0.1) is 11.2 Å². The summed E-state index contributed by atoms with van der Waals surface area (Å²) in [5.74, 6) is 0.916. The van der Waals surface area contributed by atoms with E-state index in [-0.39, 0.29) is 5.75 Å². The third-order valence-electron chi connectivity index (χ3n) is 4.24. The van der Waals surface area contributed by atoms with Crippen molar-refractivity contribution in [2.75, 3.05) is 0 Å². The molecule has 1 saturated heterocycles. The molecule has 7 heteroatoms. The summed E-state index contributed by atoms with van der Waals surface area (Å²) in [7, 11) is -0.556. The normalized spacial score (nSPS) is 19.6. The van der Waals surface area contributed by atoms with Gasteiger partial charge in [-0.1, -0.05) is 0 Å². The van der Waals surface area contributed by atoms with Crippen LogP contribution >= 0.6 is 0 Å². The van der Waals surface area contributed by atoms with Crippen LogP contribution in [0, 0.1) is 6.92 Å². The molecular weight excluding hydrogens is 283 g/mol. The fraction of sp³-hybridized carbons (Fsp3) is 0.467. The van der Waals surface area contributed by atoms with Gasteiger partial charge in [-0.15, -0.1) is 10.2 Å². The van der Waals surface area contributed by atoms with Crippen LogP contribution in [0.15, 0.2) is 22.6 Å². The van der Waals surface area contributed by atoms with Crippen molar-refractivity contribution < 1.29 is 18.8 Å². The summed E-state index contributed by atoms with van der Waals surface area (Å²) in [6.07, 6.45) is 0. The molecule has 1 aromatic heterocycles. The number of aromatic hydroxyl groups is 1. The number of aryl methyl sites for hydroxylation is 1. The van der Waals surface area contributed by atoms with Crippen LogP contribution in [0.2, 0.25) is 0 Å². The van der Waals surface area contributed by atoms with E-state index in [2.05, 4.69) is 10.2 Å². The molecule has 1 aromatic carbocycles. The second-order valence-electron chi connectivity index (χ2n) is 6.53. The van der Waals surface area contributed by atoms with E-state index in [4.69, 9.17) is 13.7 Å². The Labute approximate surface area is 129 Å². The van der Waals surface area contributed by atoms with E-state index < -0.39 is 18.3 Å². The fourth-order valence-corrected chi connectivity index (χ4v) is 2.29. The molecule has 116 valence electrons. The van der Waals surface area contributed by atoms with Gasteiger partial charge in [-0.3, -0.25) is 0 Å². The fourth-order valence-electron chi connectivity index (χ4n) is 2.29. The van der Waals surface area contributed by atoms with E-state index in [9.17, 15) is 5.11 Å². The van der Waals surface area contributed by atoms with Crippen LogP contribution in [-0.4, -0.2) is 33.6 Å². The lowest BCUT2D eigenvalue weighted by Crippen LogP contribution is -2.41. The van der Waals surface area contributed by atoms with E-state index in [1.54, 1.807) is 19.1 Å². The summed E-state index contributed by atoms with van der Waals surface area (Å²) in [5.41, 5.74) is 0.462. The molecule has 6 nitrogen and oxygen atoms in total. The Hall–Kier alpha value is -1.86. The zero-order chi connectivity index (χ0) is 16.1. The van der Waals surface area contributed by atoms with Crippen LogP contribution in [-0.2, 0) is 9.31 Å². The highest BCUT2D eigenvalue weighted by molar-refractivity contribution is 6.62. The largest absolute Gasteiger partial charge is 0.508 e. The molecule has 1 N–H and O–H groups in total. The van der Waals surface area contributed by atoms with Crippen LogP contribution in [0.25, 0.3) is 11.5 Å². The first-order chi connectivity index (χ1) is 10.2. The summed E-state index contributed by atoms with van der Waals surface area (Å²) in [6, 6.07) is 5.02. The van der Waals surface area contributed by atoms with Gasteiger partial charge in [-0.25, -0.2) is 0 Å². The van der Waals surface area contributed by atoms with Gasteiger partial charge in [-0.05, 0) is 51.4 Å². The van der Waals surface area contributed by atoms with Crippen molar-refractivity contribution in [1.82, 2.24) is 10.2 Å². The maximum atomic E-state index is 9.98. The van der Waals surface area contributed by atoms with Gasteiger partial charge in [0.15, 0.2) is 0 Å². The molecule has 0 saturated carbocycles. The summed E-state index contributed by atoms with van der Waals surface area (Å²) in [4.78, 5) is 0. The van der Waals surface area contributed by atoms with Crippen molar-refractivity contribution in [2.45, 2.75) is 45.8 Å². The molecule has 2 aromatic rings. The van der Waals surface area contributed by atoms with E-state index in [1.807, 2.05) is 33.8 Å². The zero-order valence-electron chi connectivity index (χ0n) is 13.4. The molecule has 3 rings (SSSR count). The van der Waals surface area contributed by atoms with E-state index in [0.29, 0.717) is 22.8 Å². The van der Waals surface area contributed by atoms with Gasteiger partial charge in [0.1, 0.15) is 5.75 Å². The van der Waals surface area contributed by atoms with Crippen LogP contribution in [0.5, 0.6) is 5.75 Å². The van der Waals surface area contributed by atoms with Crippen LogP contribution in [0.4, 0.5) is 0 Å². The number of phenols is 1. The number of aromatic nitrogens is 2. The van der Waals surface area contributed by atoms with E-state index in [0.717, 1.165) is 0 Å². The molecular formula is C15H19BN2O4. The van der Waals surface area contributed by atoms with E-state index >= 15 is 0 Å². The number of phenolic OH excluding ortho intramolecular Hbond substituents is 1. The molecule has 0 atom stereocenters. The molecule has 0 radical (unpaired) electrons. The van der Waals surface area contributed by atoms with Crippen molar-refractivity contribution in [2.24, 2.45) is 0 Å². The quantitative estimate of drug-likeness (QED) is 0.856. The van der Waals surface area contributed by atoms with Crippen molar-refractivity contribution >= 4 is 12.6 Å². The highest BCUT2D eigenvalue weighted by Gasteiger charge is 2.51. The summed E-state index contributed by atoms with van der Waals surface area (Å²) in [5, 5.41) is 17.8. The average Bonchev–Trinajstić information content (AvgIpc) is 2.91. The standard InChI is InChI=1S/C15H19BN2O4/c1-9-17-18-13(20-9)10-6-11(8-12(19)7-10)16-21-14(2,3)15(4,5)22-16/h6-8,19H,1-5H3. The molecule has 22 heavy (non-hydrogen) atoms. The van der Waals surface area contributed by atoms with Gasteiger partial charge in [0.2, 0.25) is 11.8 Å². The highest BCUT2D eigenvalue weighted by atomic mass is 16.7. The zero-order valence-corrected chi connectivity index (χ0v) is 13.4. The Morgan fingerprint density at radius 2 is 1.64 bits per heavy atom. The summed E-state index contributed by atoms with van der Waals surface area (Å²) < 4.78 is 17.4. The Kier molecular flexibility index (Phi) is 3.30. The smallest absolute Gasteiger partial charge is 0.494 e. The number of rotatable bonds is 2. The predicted octanol–water partition coefficient (Wildman–Crippen LogP) is 2.05. The molecule has 0 amide bonds. The van der Waals surface area contributed by atoms with Gasteiger partial charge >= 0.3 is 7.12 Å². The molecule has 0 unspecified atom stereocenters. The third kappa shape index (κ3) is 2.50. The highest BCUT2D eigenvalue weighted by Crippen LogP contribution is 2.37. The molecule has 1 aliphatic heterocycles. The van der Waals surface area contributed by atoms with Crippen LogP contribution < -0.4 is 5.46 Å². The van der Waals surface area contributed by atoms with Crippen molar-refractivity contribution in [3.05, 3.63) is 24.1 Å². The Balaban J connectivity index is 1.98. The minimum absolute atomic E-state index is 0.0954. The van der Waals surface area contributed by atoms with Crippen molar-refractivity contribution in [3.63, 3.8) is 0 Å². The molecule has 0 aliphatic carbocycles. The molecule has 1 aliphatic rings. The number of nitrogens with zero attached hydrogens (tertiary/aromatic N) is 2. The monoisotopic (exact) mass is 302 g/mol. The average molecular weight is 302 g/mol. The first-order valence-electron chi connectivity index (χ1n) is 7.18. The minimum atomic E-state index is -0.556. The lowest BCUT2D eigenvalue weighted by Gasteiger charge is -2.32. The van der Waals surface area contributed by atoms with Crippen molar-refractivity contribution in [1.29, 1.82) is 0 Å². The maximum Gasteiger partial charge on any atom is 0.494 e. The predicted molar refractivity (Wildman–Crippen MR) is 81.9 cm³/mol. The van der Waals surface area contributed by atoms with Gasteiger partial charge in [0.25, 0.3) is 0 Å². The Bertz CT molecular complexity index is 695.